The number of hydrogen-bond donors (Lipinski definition) is 0. The first kappa shape index (κ1) is 13.0. The fourth-order valence-corrected chi connectivity index (χ4v) is 1.84. The summed E-state index contributed by atoms with van der Waals surface area (Å²) in [7, 11) is -0.924. The number of unbranched alkanes of at least 4 members (excludes halogenated alkanes) is 1. The lowest BCUT2D eigenvalue weighted by Gasteiger charge is -2.02. The van der Waals surface area contributed by atoms with E-state index >= 15 is 0 Å². The van der Waals surface area contributed by atoms with Gasteiger partial charge in [-0.3, -0.25) is 0 Å². The molecule has 0 amide bonds. The second kappa shape index (κ2) is 7.28. The molecule has 0 aliphatic rings. The van der Waals surface area contributed by atoms with Crippen LogP contribution in [0.3, 0.4) is 0 Å². The lowest BCUT2D eigenvalue weighted by molar-refractivity contribution is 0.505. The van der Waals surface area contributed by atoms with Crippen molar-refractivity contribution in [3.8, 4) is 0 Å². The Morgan fingerprint density at radius 2 is 1.88 bits per heavy atom. The zero-order valence-corrected chi connectivity index (χ0v) is 11.7. The largest absolute Gasteiger partial charge is 0.552 e. The van der Waals surface area contributed by atoms with Gasteiger partial charge in [0, 0.05) is 0 Å². The van der Waals surface area contributed by atoms with Gasteiger partial charge >= 0.3 is 0 Å². The first-order valence-corrected chi connectivity index (χ1v) is 8.91. The quantitative estimate of drug-likeness (QED) is 0.534. The molecule has 88 valence electrons. The van der Waals surface area contributed by atoms with E-state index in [2.05, 4.69) is 44.3 Å². The van der Waals surface area contributed by atoms with Gasteiger partial charge in [0.1, 0.15) is 0 Å². The van der Waals surface area contributed by atoms with Crippen molar-refractivity contribution in [2.45, 2.75) is 39.3 Å². The van der Waals surface area contributed by atoms with E-state index in [0.29, 0.717) is 0 Å². The predicted molar refractivity (Wildman–Crippen MR) is 74.1 cm³/mol. The molecule has 0 saturated heterocycles. The van der Waals surface area contributed by atoms with E-state index in [9.17, 15) is 0 Å². The van der Waals surface area contributed by atoms with Crippen molar-refractivity contribution in [2.24, 2.45) is 0 Å². The lowest BCUT2D eigenvalue weighted by atomic mass is 10.1. The molecule has 0 N–H and O–H groups in total. The van der Waals surface area contributed by atoms with Gasteiger partial charge < -0.3 is 4.43 Å². The van der Waals surface area contributed by atoms with Crippen molar-refractivity contribution in [3.63, 3.8) is 0 Å². The second-order valence-electron chi connectivity index (χ2n) is 4.33. The Kier molecular flexibility index (Phi) is 5.94. The van der Waals surface area contributed by atoms with Crippen LogP contribution in [0.5, 0.6) is 0 Å². The molecule has 0 aromatic heterocycles. The lowest BCUT2D eigenvalue weighted by Crippen LogP contribution is -2.00. The molecule has 0 bridgehead atoms. The molecule has 0 unspecified atom stereocenters. The van der Waals surface area contributed by atoms with E-state index in [1.165, 1.54) is 30.4 Å². The van der Waals surface area contributed by atoms with Crippen molar-refractivity contribution in [3.05, 3.63) is 41.7 Å². The SMILES string of the molecule is CCCCc1ccc(C=CO[SiH](C)C)cc1. The average molecular weight is 234 g/mol. The van der Waals surface area contributed by atoms with Gasteiger partial charge in [0.15, 0.2) is 0 Å². The molecule has 0 aliphatic heterocycles. The Morgan fingerprint density at radius 1 is 1.19 bits per heavy atom. The van der Waals surface area contributed by atoms with Crippen LogP contribution >= 0.6 is 0 Å². The molecule has 1 aromatic rings. The average Bonchev–Trinajstić information content (AvgIpc) is 2.27. The van der Waals surface area contributed by atoms with E-state index in [0.717, 1.165) is 0 Å². The minimum absolute atomic E-state index is 0.924. The summed E-state index contributed by atoms with van der Waals surface area (Å²) >= 11 is 0. The molecule has 0 heterocycles. The zero-order chi connectivity index (χ0) is 11.8. The number of hydrogen-bond acceptors (Lipinski definition) is 1. The topological polar surface area (TPSA) is 9.23 Å². The maximum atomic E-state index is 5.50. The van der Waals surface area contributed by atoms with Crippen LogP contribution in [0.2, 0.25) is 13.1 Å². The molecular formula is C14H22OSi. The second-order valence-corrected chi connectivity index (χ2v) is 6.70. The predicted octanol–water partition coefficient (Wildman–Crippen LogP) is 4.00. The number of benzene rings is 1. The van der Waals surface area contributed by atoms with Crippen LogP contribution in [-0.2, 0) is 10.8 Å². The molecule has 2 heteroatoms. The van der Waals surface area contributed by atoms with Crippen molar-refractivity contribution in [1.29, 1.82) is 0 Å². The molecule has 0 fully saturated rings. The molecule has 1 aromatic carbocycles. The maximum absolute atomic E-state index is 5.50. The van der Waals surface area contributed by atoms with Gasteiger partial charge in [0.2, 0.25) is 9.04 Å². The van der Waals surface area contributed by atoms with Crippen molar-refractivity contribution < 1.29 is 4.43 Å². The number of rotatable bonds is 6. The summed E-state index contributed by atoms with van der Waals surface area (Å²) in [5.74, 6) is 0. The van der Waals surface area contributed by atoms with Crippen LogP contribution in [0.4, 0.5) is 0 Å². The van der Waals surface area contributed by atoms with Gasteiger partial charge in [0.05, 0.1) is 6.26 Å². The molecule has 0 aliphatic carbocycles. The van der Waals surface area contributed by atoms with E-state index in [1.54, 1.807) is 0 Å². The van der Waals surface area contributed by atoms with Crippen LogP contribution in [0.25, 0.3) is 6.08 Å². The van der Waals surface area contributed by atoms with Gasteiger partial charge in [0.25, 0.3) is 0 Å². The van der Waals surface area contributed by atoms with Crippen LogP contribution in [0.15, 0.2) is 30.5 Å². The smallest absolute Gasteiger partial charge is 0.228 e. The fraction of sp³-hybridized carbons (Fsp3) is 0.429. The first-order valence-electron chi connectivity index (χ1n) is 6.13. The summed E-state index contributed by atoms with van der Waals surface area (Å²) in [5, 5.41) is 0. The monoisotopic (exact) mass is 234 g/mol. The molecule has 16 heavy (non-hydrogen) atoms. The van der Waals surface area contributed by atoms with Crippen LogP contribution < -0.4 is 0 Å². The summed E-state index contributed by atoms with van der Waals surface area (Å²) in [6.45, 7) is 6.56. The minimum Gasteiger partial charge on any atom is -0.552 e. The highest BCUT2D eigenvalue weighted by molar-refractivity contribution is 6.48. The van der Waals surface area contributed by atoms with Gasteiger partial charge in [-0.05, 0) is 43.1 Å². The van der Waals surface area contributed by atoms with Gasteiger partial charge in [-0.1, -0.05) is 37.6 Å². The van der Waals surface area contributed by atoms with Crippen LogP contribution in [0, 0.1) is 0 Å². The molecule has 1 nitrogen and oxygen atoms in total. The molecule has 1 rings (SSSR count). The normalized spacial score (nSPS) is 11.2. The Bertz CT molecular complexity index is 314. The summed E-state index contributed by atoms with van der Waals surface area (Å²) < 4.78 is 5.50. The standard InChI is InChI=1S/C14H22OSi/c1-4-5-6-13-7-9-14(10-8-13)11-12-15-16(2)3/h7-12,16H,4-6H2,1-3H3. The molecule has 0 spiro atoms. The van der Waals surface area contributed by atoms with Crippen LogP contribution in [-0.4, -0.2) is 9.04 Å². The summed E-state index contributed by atoms with van der Waals surface area (Å²) in [4.78, 5) is 0. The van der Waals surface area contributed by atoms with E-state index in [1.807, 2.05) is 12.3 Å². The van der Waals surface area contributed by atoms with E-state index in [4.69, 9.17) is 4.43 Å². The zero-order valence-electron chi connectivity index (χ0n) is 10.6. The van der Waals surface area contributed by atoms with Crippen molar-refractivity contribution >= 4 is 15.1 Å². The van der Waals surface area contributed by atoms with Crippen molar-refractivity contribution in [2.75, 3.05) is 0 Å². The molecule has 0 atom stereocenters. The van der Waals surface area contributed by atoms with Crippen molar-refractivity contribution in [1.82, 2.24) is 0 Å². The third-order valence-electron chi connectivity index (χ3n) is 2.41. The maximum Gasteiger partial charge on any atom is 0.228 e. The van der Waals surface area contributed by atoms with Gasteiger partial charge in [-0.15, -0.1) is 0 Å². The Balaban J connectivity index is 2.47. The first-order chi connectivity index (χ1) is 7.72. The minimum atomic E-state index is -0.924. The van der Waals surface area contributed by atoms with E-state index in [-0.39, 0.29) is 0 Å². The highest BCUT2D eigenvalue weighted by Crippen LogP contribution is 2.09. The van der Waals surface area contributed by atoms with Crippen LogP contribution in [0.1, 0.15) is 30.9 Å². The van der Waals surface area contributed by atoms with Gasteiger partial charge in [-0.2, -0.15) is 0 Å². The highest BCUT2D eigenvalue weighted by atomic mass is 28.3. The summed E-state index contributed by atoms with van der Waals surface area (Å²) in [5.41, 5.74) is 2.65. The third kappa shape index (κ3) is 5.17. The molecular weight excluding hydrogens is 212 g/mol. The Labute approximate surface area is 101 Å². The highest BCUT2D eigenvalue weighted by Gasteiger charge is 1.93. The summed E-state index contributed by atoms with van der Waals surface area (Å²) in [6.07, 6.45) is 7.59. The van der Waals surface area contributed by atoms with E-state index < -0.39 is 9.04 Å². The third-order valence-corrected chi connectivity index (χ3v) is 3.11. The Hall–Kier alpha value is -1.02. The van der Waals surface area contributed by atoms with Gasteiger partial charge in [-0.25, -0.2) is 0 Å². The summed E-state index contributed by atoms with van der Waals surface area (Å²) in [6, 6.07) is 8.74. The molecule has 0 saturated carbocycles. The number of aryl methyl sites for hydroxylation is 1. The molecule has 0 radical (unpaired) electrons. The Morgan fingerprint density at radius 3 is 2.44 bits per heavy atom. The fourth-order valence-electron chi connectivity index (χ4n) is 1.45.